The second-order valence-corrected chi connectivity index (χ2v) is 2.84. The summed E-state index contributed by atoms with van der Waals surface area (Å²) in [5, 5.41) is 15.0. The fourth-order valence-corrected chi connectivity index (χ4v) is 1.30. The zero-order valence-electron chi connectivity index (χ0n) is 7.04. The van der Waals surface area contributed by atoms with Crippen LogP contribution < -0.4 is 0 Å². The molecule has 0 unspecified atom stereocenters. The summed E-state index contributed by atoms with van der Waals surface area (Å²) >= 11 is 0. The van der Waals surface area contributed by atoms with E-state index < -0.39 is 6.29 Å². The second-order valence-electron chi connectivity index (χ2n) is 2.84. The van der Waals surface area contributed by atoms with Gasteiger partial charge in [0.1, 0.15) is 0 Å². The average molecular weight is 178 g/mol. The number of hydrogen-bond acceptors (Lipinski definition) is 4. The van der Waals surface area contributed by atoms with Crippen molar-refractivity contribution in [3.05, 3.63) is 23.8 Å². The predicted octanol–water partition coefficient (Wildman–Crippen LogP) is 0.895. The molecule has 13 heavy (non-hydrogen) atoms. The van der Waals surface area contributed by atoms with Crippen LogP contribution in [-0.4, -0.2) is 30.9 Å². The number of hydrogen-bond donors (Lipinski definition) is 2. The van der Waals surface area contributed by atoms with Crippen molar-refractivity contribution in [1.29, 1.82) is 10.8 Å². The van der Waals surface area contributed by atoms with Gasteiger partial charge in [-0.2, -0.15) is 0 Å². The topological polar surface area (TPSA) is 66.2 Å². The molecule has 4 nitrogen and oxygen atoms in total. The van der Waals surface area contributed by atoms with Gasteiger partial charge in [-0.15, -0.1) is 0 Å². The Balaban J connectivity index is 2.21. The van der Waals surface area contributed by atoms with Crippen LogP contribution in [0.15, 0.2) is 23.8 Å². The molecule has 0 aromatic rings. The summed E-state index contributed by atoms with van der Waals surface area (Å²) in [5.74, 6) is 0. The summed E-state index contributed by atoms with van der Waals surface area (Å²) < 4.78 is 10.5. The Morgan fingerprint density at radius 3 is 2.62 bits per heavy atom. The van der Waals surface area contributed by atoms with Crippen LogP contribution in [0, 0.1) is 10.8 Å². The molecule has 0 amide bonds. The van der Waals surface area contributed by atoms with E-state index in [0.29, 0.717) is 18.8 Å². The van der Waals surface area contributed by atoms with Crippen LogP contribution in [0.25, 0.3) is 0 Å². The maximum absolute atomic E-state index is 7.61. The molecule has 1 aliphatic carbocycles. The molecule has 2 aliphatic rings. The molecule has 1 aliphatic heterocycles. The van der Waals surface area contributed by atoms with Crippen LogP contribution in [0.4, 0.5) is 0 Å². The molecule has 0 bridgehead atoms. The van der Waals surface area contributed by atoms with Crippen molar-refractivity contribution in [3.63, 3.8) is 0 Å². The molecule has 1 saturated heterocycles. The summed E-state index contributed by atoms with van der Waals surface area (Å²) in [5.41, 5.74) is 1.04. The average Bonchev–Trinajstić information content (AvgIpc) is 2.62. The van der Waals surface area contributed by atoms with Gasteiger partial charge in [-0.05, 0) is 6.08 Å². The van der Waals surface area contributed by atoms with Gasteiger partial charge in [-0.3, -0.25) is 10.8 Å². The molecule has 0 spiro atoms. The smallest absolute Gasteiger partial charge is 0.186 e. The molecule has 0 atom stereocenters. The summed E-state index contributed by atoms with van der Waals surface area (Å²) in [6.07, 6.45) is 4.63. The molecule has 4 heteroatoms. The molecule has 0 radical (unpaired) electrons. The Morgan fingerprint density at radius 2 is 1.92 bits per heavy atom. The molecular weight excluding hydrogens is 168 g/mol. The van der Waals surface area contributed by atoms with E-state index in [1.165, 1.54) is 0 Å². The molecule has 0 aromatic carbocycles. The van der Waals surface area contributed by atoms with Crippen molar-refractivity contribution in [2.45, 2.75) is 6.29 Å². The quantitative estimate of drug-likeness (QED) is 0.586. The van der Waals surface area contributed by atoms with Gasteiger partial charge in [0.2, 0.25) is 0 Å². The Morgan fingerprint density at radius 1 is 1.23 bits per heavy atom. The number of rotatable bonds is 1. The normalized spacial score (nSPS) is 23.8. The number of allylic oxidation sites excluding steroid dienone is 3. The van der Waals surface area contributed by atoms with Crippen molar-refractivity contribution in [2.24, 2.45) is 0 Å². The first-order valence-corrected chi connectivity index (χ1v) is 4.08. The van der Waals surface area contributed by atoms with Crippen LogP contribution in [0.3, 0.4) is 0 Å². The van der Waals surface area contributed by atoms with Gasteiger partial charge < -0.3 is 9.47 Å². The fraction of sp³-hybridized carbons (Fsp3) is 0.333. The van der Waals surface area contributed by atoms with Gasteiger partial charge in [0, 0.05) is 5.57 Å². The molecular formula is C9H10N2O2. The van der Waals surface area contributed by atoms with Crippen molar-refractivity contribution in [1.82, 2.24) is 0 Å². The van der Waals surface area contributed by atoms with Crippen LogP contribution in [0.1, 0.15) is 0 Å². The third-order valence-corrected chi connectivity index (χ3v) is 1.97. The highest BCUT2D eigenvalue weighted by atomic mass is 16.7. The summed E-state index contributed by atoms with van der Waals surface area (Å²) in [7, 11) is 0. The first-order chi connectivity index (χ1) is 6.29. The Bertz CT molecular complexity index is 312. The first kappa shape index (κ1) is 8.34. The zero-order valence-corrected chi connectivity index (χ0v) is 7.04. The van der Waals surface area contributed by atoms with E-state index in [1.54, 1.807) is 18.2 Å². The monoisotopic (exact) mass is 178 g/mol. The van der Waals surface area contributed by atoms with E-state index in [4.69, 9.17) is 20.3 Å². The number of nitrogens with one attached hydrogen (secondary N) is 2. The van der Waals surface area contributed by atoms with E-state index >= 15 is 0 Å². The van der Waals surface area contributed by atoms with Gasteiger partial charge in [-0.25, -0.2) is 0 Å². The van der Waals surface area contributed by atoms with Crippen LogP contribution >= 0.6 is 0 Å². The third-order valence-electron chi connectivity index (χ3n) is 1.97. The summed E-state index contributed by atoms with van der Waals surface area (Å²) in [6, 6.07) is 0. The van der Waals surface area contributed by atoms with E-state index in [0.717, 1.165) is 0 Å². The Labute approximate surface area is 75.9 Å². The second kappa shape index (κ2) is 3.24. The molecule has 2 N–H and O–H groups in total. The minimum absolute atomic E-state index is 0.189. The lowest BCUT2D eigenvalue weighted by Gasteiger charge is -2.16. The van der Waals surface area contributed by atoms with E-state index in [1.807, 2.05) is 0 Å². The van der Waals surface area contributed by atoms with Gasteiger partial charge in [0.25, 0.3) is 0 Å². The van der Waals surface area contributed by atoms with E-state index in [-0.39, 0.29) is 11.4 Å². The molecule has 2 rings (SSSR count). The van der Waals surface area contributed by atoms with Gasteiger partial charge in [0.15, 0.2) is 6.29 Å². The molecule has 1 heterocycles. The molecule has 68 valence electrons. The lowest BCUT2D eigenvalue weighted by atomic mass is 10.0. The summed E-state index contributed by atoms with van der Waals surface area (Å²) in [4.78, 5) is 0. The SMILES string of the molecule is N=C1C=CC=C(C2OCCO2)C1=N. The van der Waals surface area contributed by atoms with Crippen LogP contribution in [0.5, 0.6) is 0 Å². The minimum Gasteiger partial charge on any atom is -0.346 e. The van der Waals surface area contributed by atoms with Crippen LogP contribution in [-0.2, 0) is 9.47 Å². The highest BCUT2D eigenvalue weighted by Gasteiger charge is 2.25. The zero-order chi connectivity index (χ0) is 9.26. The predicted molar refractivity (Wildman–Crippen MR) is 48.4 cm³/mol. The van der Waals surface area contributed by atoms with Crippen LogP contribution in [0.2, 0.25) is 0 Å². The number of ether oxygens (including phenoxy) is 2. The summed E-state index contributed by atoms with van der Waals surface area (Å²) in [6.45, 7) is 1.12. The van der Waals surface area contributed by atoms with Gasteiger partial charge in [-0.1, -0.05) is 12.2 Å². The van der Waals surface area contributed by atoms with Crippen molar-refractivity contribution in [2.75, 3.05) is 13.2 Å². The maximum atomic E-state index is 7.61. The highest BCUT2D eigenvalue weighted by molar-refractivity contribution is 6.50. The van der Waals surface area contributed by atoms with Crippen molar-refractivity contribution >= 4 is 11.4 Å². The van der Waals surface area contributed by atoms with E-state index in [2.05, 4.69) is 0 Å². The van der Waals surface area contributed by atoms with Crippen molar-refractivity contribution < 1.29 is 9.47 Å². The standard InChI is InChI=1S/C9H10N2O2/c10-7-3-1-2-6(8(7)11)9-12-4-5-13-9/h1-3,9-11H,4-5H2. The van der Waals surface area contributed by atoms with Gasteiger partial charge >= 0.3 is 0 Å². The molecule has 0 saturated carbocycles. The maximum Gasteiger partial charge on any atom is 0.186 e. The lowest BCUT2D eigenvalue weighted by Crippen LogP contribution is -2.25. The first-order valence-electron chi connectivity index (χ1n) is 4.08. The molecule has 1 fully saturated rings. The highest BCUT2D eigenvalue weighted by Crippen LogP contribution is 2.18. The minimum atomic E-state index is -0.446. The fourth-order valence-electron chi connectivity index (χ4n) is 1.30. The van der Waals surface area contributed by atoms with E-state index in [9.17, 15) is 0 Å². The Hall–Kier alpha value is -1.26. The Kier molecular flexibility index (Phi) is 2.08. The molecule has 0 aromatic heterocycles. The largest absolute Gasteiger partial charge is 0.346 e. The third kappa shape index (κ3) is 1.46. The van der Waals surface area contributed by atoms with Gasteiger partial charge in [0.05, 0.1) is 24.6 Å². The lowest BCUT2D eigenvalue weighted by molar-refractivity contribution is -0.00648. The van der Waals surface area contributed by atoms with Crippen molar-refractivity contribution in [3.8, 4) is 0 Å².